The van der Waals surface area contributed by atoms with E-state index in [1.54, 1.807) is 17.4 Å². The number of nitrogens with zero attached hydrogens (tertiary/aromatic N) is 1. The molecular weight excluding hydrogens is 254 g/mol. The number of nitrogens with two attached hydrogens (primary N) is 1. The Balaban J connectivity index is 2.20. The normalized spacial score (nSPS) is 10.9. The molecule has 0 bridgehead atoms. The van der Waals surface area contributed by atoms with Crippen molar-refractivity contribution in [2.45, 2.75) is 19.8 Å². The van der Waals surface area contributed by atoms with Crippen molar-refractivity contribution in [3.05, 3.63) is 51.0 Å². The van der Waals surface area contributed by atoms with Gasteiger partial charge >= 0.3 is 0 Å². The van der Waals surface area contributed by atoms with Crippen molar-refractivity contribution in [1.29, 1.82) is 0 Å². The molecule has 1 aromatic heterocycles. The van der Waals surface area contributed by atoms with E-state index in [0.29, 0.717) is 13.0 Å². The highest BCUT2D eigenvalue weighted by atomic mass is 32.1. The smallest absolute Gasteiger partial charge is 0.159 e. The number of rotatable bonds is 4. The van der Waals surface area contributed by atoms with E-state index in [9.17, 15) is 8.78 Å². The number of aromatic nitrogens is 1. The minimum Gasteiger partial charge on any atom is -0.330 e. The second kappa shape index (κ2) is 5.54. The van der Waals surface area contributed by atoms with E-state index in [1.165, 1.54) is 6.07 Å². The fraction of sp³-hybridized carbons (Fsp3) is 0.308. The quantitative estimate of drug-likeness (QED) is 0.926. The molecule has 0 aliphatic rings. The molecule has 0 saturated heterocycles. The number of halogens is 2. The lowest BCUT2D eigenvalue weighted by Crippen LogP contribution is -2.01. The van der Waals surface area contributed by atoms with Crippen LogP contribution in [0.2, 0.25) is 0 Å². The highest BCUT2D eigenvalue weighted by Crippen LogP contribution is 2.22. The molecule has 0 aliphatic carbocycles. The van der Waals surface area contributed by atoms with Gasteiger partial charge in [-0.05, 0) is 31.2 Å². The van der Waals surface area contributed by atoms with Crippen LogP contribution < -0.4 is 5.73 Å². The maximum absolute atomic E-state index is 13.1. The van der Waals surface area contributed by atoms with Crippen LogP contribution in [0.4, 0.5) is 8.78 Å². The van der Waals surface area contributed by atoms with Crippen molar-refractivity contribution in [3.63, 3.8) is 0 Å². The van der Waals surface area contributed by atoms with Crippen molar-refractivity contribution in [2.75, 3.05) is 6.54 Å². The van der Waals surface area contributed by atoms with Gasteiger partial charge in [-0.25, -0.2) is 13.8 Å². The van der Waals surface area contributed by atoms with Crippen molar-refractivity contribution in [1.82, 2.24) is 4.98 Å². The zero-order chi connectivity index (χ0) is 13.1. The molecule has 0 fully saturated rings. The highest BCUT2D eigenvalue weighted by Gasteiger charge is 2.09. The maximum Gasteiger partial charge on any atom is 0.159 e. The first-order valence-electron chi connectivity index (χ1n) is 5.69. The van der Waals surface area contributed by atoms with Gasteiger partial charge in [-0.2, -0.15) is 0 Å². The third-order valence-corrected chi connectivity index (χ3v) is 3.86. The van der Waals surface area contributed by atoms with Gasteiger partial charge < -0.3 is 5.73 Å². The van der Waals surface area contributed by atoms with Crippen LogP contribution in [-0.4, -0.2) is 11.5 Å². The monoisotopic (exact) mass is 268 g/mol. The molecule has 2 rings (SSSR count). The van der Waals surface area contributed by atoms with Gasteiger partial charge in [0.2, 0.25) is 0 Å². The Kier molecular flexibility index (Phi) is 4.04. The summed E-state index contributed by atoms with van der Waals surface area (Å²) in [6, 6.07) is 3.99. The summed E-state index contributed by atoms with van der Waals surface area (Å²) in [5.41, 5.74) is 7.17. The molecular formula is C13H14F2N2S. The van der Waals surface area contributed by atoms with Crippen molar-refractivity contribution in [2.24, 2.45) is 5.73 Å². The van der Waals surface area contributed by atoms with E-state index >= 15 is 0 Å². The summed E-state index contributed by atoms with van der Waals surface area (Å²) < 4.78 is 25.9. The molecule has 18 heavy (non-hydrogen) atoms. The van der Waals surface area contributed by atoms with Crippen molar-refractivity contribution in [3.8, 4) is 0 Å². The average molecular weight is 268 g/mol. The Morgan fingerprint density at radius 2 is 2.06 bits per heavy atom. The van der Waals surface area contributed by atoms with Crippen LogP contribution >= 0.6 is 11.3 Å². The molecule has 0 spiro atoms. The summed E-state index contributed by atoms with van der Waals surface area (Å²) in [5.74, 6) is -1.62. The number of thiazole rings is 1. The Hall–Kier alpha value is -1.33. The van der Waals surface area contributed by atoms with E-state index in [0.717, 1.165) is 33.6 Å². The molecule has 2 aromatic rings. The molecule has 1 aromatic carbocycles. The van der Waals surface area contributed by atoms with Crippen LogP contribution in [0.5, 0.6) is 0 Å². The van der Waals surface area contributed by atoms with Crippen LogP contribution in [0.1, 0.15) is 21.1 Å². The standard InChI is InChI=1S/C13H14F2N2S/c1-8-12(18-13(17-8)4-5-16)7-9-2-3-10(14)11(15)6-9/h2-3,6H,4-5,7,16H2,1H3. The van der Waals surface area contributed by atoms with Crippen LogP contribution in [0.3, 0.4) is 0 Å². The lowest BCUT2D eigenvalue weighted by Gasteiger charge is -2.00. The van der Waals surface area contributed by atoms with Crippen LogP contribution in [0.15, 0.2) is 18.2 Å². The minimum atomic E-state index is -0.816. The Bertz CT molecular complexity index is 552. The average Bonchev–Trinajstić information content (AvgIpc) is 2.65. The van der Waals surface area contributed by atoms with E-state index < -0.39 is 11.6 Å². The largest absolute Gasteiger partial charge is 0.330 e. The number of hydrogen-bond donors (Lipinski definition) is 1. The molecule has 2 N–H and O–H groups in total. The van der Waals surface area contributed by atoms with E-state index in [4.69, 9.17) is 5.73 Å². The van der Waals surface area contributed by atoms with Gasteiger partial charge in [-0.1, -0.05) is 6.07 Å². The van der Waals surface area contributed by atoms with Crippen molar-refractivity contribution >= 4 is 11.3 Å². The van der Waals surface area contributed by atoms with Crippen LogP contribution in [-0.2, 0) is 12.8 Å². The second-order valence-electron chi connectivity index (χ2n) is 4.08. The lowest BCUT2D eigenvalue weighted by atomic mass is 10.1. The molecule has 0 radical (unpaired) electrons. The number of benzene rings is 1. The third kappa shape index (κ3) is 2.91. The first-order valence-corrected chi connectivity index (χ1v) is 6.51. The zero-order valence-corrected chi connectivity index (χ0v) is 10.9. The second-order valence-corrected chi connectivity index (χ2v) is 5.25. The topological polar surface area (TPSA) is 38.9 Å². The molecule has 0 atom stereocenters. The van der Waals surface area contributed by atoms with Gasteiger partial charge in [0.25, 0.3) is 0 Å². The van der Waals surface area contributed by atoms with E-state index in [2.05, 4.69) is 4.98 Å². The predicted octanol–water partition coefficient (Wildman–Crippen LogP) is 2.82. The van der Waals surface area contributed by atoms with Crippen LogP contribution in [0.25, 0.3) is 0 Å². The molecule has 0 amide bonds. The van der Waals surface area contributed by atoms with Gasteiger partial charge in [0.15, 0.2) is 11.6 Å². The third-order valence-electron chi connectivity index (χ3n) is 2.64. The fourth-order valence-electron chi connectivity index (χ4n) is 1.72. The first-order chi connectivity index (χ1) is 8.60. The molecule has 0 aliphatic heterocycles. The molecule has 1 heterocycles. The summed E-state index contributed by atoms with van der Waals surface area (Å²) in [5, 5.41) is 0.993. The fourth-order valence-corrected chi connectivity index (χ4v) is 2.84. The summed E-state index contributed by atoms with van der Waals surface area (Å²) in [6.07, 6.45) is 1.33. The molecule has 0 saturated carbocycles. The zero-order valence-electron chi connectivity index (χ0n) is 10.0. The highest BCUT2D eigenvalue weighted by molar-refractivity contribution is 7.11. The van der Waals surface area contributed by atoms with Gasteiger partial charge in [0.05, 0.1) is 10.7 Å². The first kappa shape index (κ1) is 13.1. The number of hydrogen-bond acceptors (Lipinski definition) is 3. The van der Waals surface area contributed by atoms with Gasteiger partial charge in [-0.15, -0.1) is 11.3 Å². The minimum absolute atomic E-state index is 0.567. The summed E-state index contributed by atoms with van der Waals surface area (Å²) in [4.78, 5) is 5.48. The molecule has 96 valence electrons. The van der Waals surface area contributed by atoms with Crippen molar-refractivity contribution < 1.29 is 8.78 Å². The Morgan fingerprint density at radius 3 is 2.72 bits per heavy atom. The maximum atomic E-state index is 13.1. The molecule has 0 unspecified atom stereocenters. The summed E-state index contributed by atoms with van der Waals surface area (Å²) >= 11 is 1.58. The van der Waals surface area contributed by atoms with Gasteiger partial charge in [0, 0.05) is 17.7 Å². The van der Waals surface area contributed by atoms with Gasteiger partial charge in [0.1, 0.15) is 0 Å². The van der Waals surface area contributed by atoms with E-state index in [-0.39, 0.29) is 0 Å². The Morgan fingerprint density at radius 1 is 1.28 bits per heavy atom. The predicted molar refractivity (Wildman–Crippen MR) is 68.8 cm³/mol. The summed E-state index contributed by atoms with van der Waals surface area (Å²) in [7, 11) is 0. The Labute approximate surface area is 108 Å². The lowest BCUT2D eigenvalue weighted by molar-refractivity contribution is 0.507. The van der Waals surface area contributed by atoms with Crippen LogP contribution in [0, 0.1) is 18.6 Å². The van der Waals surface area contributed by atoms with Gasteiger partial charge in [-0.3, -0.25) is 0 Å². The molecule has 2 nitrogen and oxygen atoms in total. The summed E-state index contributed by atoms with van der Waals surface area (Å²) in [6.45, 7) is 2.49. The van der Waals surface area contributed by atoms with E-state index in [1.807, 2.05) is 6.92 Å². The molecule has 5 heteroatoms. The SMILES string of the molecule is Cc1nc(CCN)sc1Cc1ccc(F)c(F)c1. The number of aryl methyl sites for hydroxylation is 1.